The van der Waals surface area contributed by atoms with Crippen LogP contribution in [0.4, 0.5) is 5.69 Å². The molecule has 1 heterocycles. The predicted molar refractivity (Wildman–Crippen MR) is 114 cm³/mol. The number of nitrogens with one attached hydrogen (secondary N) is 3. The van der Waals surface area contributed by atoms with Gasteiger partial charge in [0.15, 0.2) is 6.61 Å². The largest absolute Gasteiger partial charge is 0.484 e. The van der Waals surface area contributed by atoms with Gasteiger partial charge in [0.2, 0.25) is 5.91 Å². The predicted octanol–water partition coefficient (Wildman–Crippen LogP) is 2.81. The van der Waals surface area contributed by atoms with E-state index in [1.54, 1.807) is 0 Å². The average molecular weight is 396 g/mol. The highest BCUT2D eigenvalue weighted by molar-refractivity contribution is 5.91. The summed E-state index contributed by atoms with van der Waals surface area (Å²) in [6.45, 7) is 3.46. The lowest BCUT2D eigenvalue weighted by molar-refractivity contribution is -0.123. The Morgan fingerprint density at radius 2 is 1.97 bits per heavy atom. The number of hydrogen-bond acceptors (Lipinski definition) is 4. The zero-order valence-electron chi connectivity index (χ0n) is 16.9. The first kappa shape index (κ1) is 20.9. The Kier molecular flexibility index (Phi) is 7.64. The van der Waals surface area contributed by atoms with Crippen LogP contribution in [0, 0.1) is 6.92 Å². The first-order chi connectivity index (χ1) is 14.1. The van der Waals surface area contributed by atoms with Gasteiger partial charge >= 0.3 is 0 Å². The summed E-state index contributed by atoms with van der Waals surface area (Å²) in [5, 5.41) is 9.07. The quantitative estimate of drug-likeness (QED) is 0.642. The molecule has 0 bridgehead atoms. The second-order valence-corrected chi connectivity index (χ2v) is 7.39. The van der Waals surface area contributed by atoms with Crippen molar-refractivity contribution in [2.75, 3.05) is 25.0 Å². The van der Waals surface area contributed by atoms with Gasteiger partial charge in [-0.2, -0.15) is 0 Å². The summed E-state index contributed by atoms with van der Waals surface area (Å²) in [6.07, 6.45) is 3.92. The van der Waals surface area contributed by atoms with Crippen LogP contribution in [-0.4, -0.2) is 37.6 Å². The van der Waals surface area contributed by atoms with Crippen LogP contribution >= 0.6 is 0 Å². The number of carbonyl (C=O) groups excluding carboxylic acids is 2. The van der Waals surface area contributed by atoms with E-state index in [-0.39, 0.29) is 24.5 Å². The summed E-state index contributed by atoms with van der Waals surface area (Å²) in [5.74, 6) is 0.534. The summed E-state index contributed by atoms with van der Waals surface area (Å²) >= 11 is 0. The van der Waals surface area contributed by atoms with E-state index in [1.165, 1.54) is 0 Å². The highest BCUT2D eigenvalue weighted by Crippen LogP contribution is 2.14. The lowest BCUT2D eigenvalue weighted by Crippen LogP contribution is -2.47. The maximum absolute atomic E-state index is 12.1. The fourth-order valence-electron chi connectivity index (χ4n) is 3.35. The smallest absolute Gasteiger partial charge is 0.262 e. The van der Waals surface area contributed by atoms with Crippen LogP contribution in [0.1, 0.15) is 30.4 Å². The van der Waals surface area contributed by atoms with Gasteiger partial charge in [0.25, 0.3) is 5.91 Å². The summed E-state index contributed by atoms with van der Waals surface area (Å²) in [7, 11) is 0. The number of aryl methyl sites for hydroxylation is 1. The van der Waals surface area contributed by atoms with Crippen molar-refractivity contribution in [3.05, 3.63) is 59.7 Å². The highest BCUT2D eigenvalue weighted by Gasteiger charge is 2.19. The Morgan fingerprint density at radius 1 is 1.14 bits per heavy atom. The van der Waals surface area contributed by atoms with E-state index >= 15 is 0 Å². The van der Waals surface area contributed by atoms with E-state index in [9.17, 15) is 9.59 Å². The van der Waals surface area contributed by atoms with E-state index in [2.05, 4.69) is 16.0 Å². The lowest BCUT2D eigenvalue weighted by Gasteiger charge is -2.22. The molecular weight excluding hydrogens is 366 g/mol. The zero-order chi connectivity index (χ0) is 20.5. The third kappa shape index (κ3) is 6.91. The monoisotopic (exact) mass is 395 g/mol. The van der Waals surface area contributed by atoms with Crippen molar-refractivity contribution in [1.82, 2.24) is 10.6 Å². The molecule has 6 heteroatoms. The number of ether oxygens (including phenoxy) is 1. The number of piperidine rings is 1. The minimum absolute atomic E-state index is 0.0439. The number of anilines is 1. The van der Waals surface area contributed by atoms with Crippen LogP contribution in [0.15, 0.2) is 48.5 Å². The van der Waals surface area contributed by atoms with Crippen LogP contribution in [0.2, 0.25) is 0 Å². The molecule has 3 N–H and O–H groups in total. The molecule has 0 spiro atoms. The van der Waals surface area contributed by atoms with Crippen LogP contribution < -0.4 is 20.7 Å². The zero-order valence-corrected chi connectivity index (χ0v) is 16.9. The minimum Gasteiger partial charge on any atom is -0.484 e. The summed E-state index contributed by atoms with van der Waals surface area (Å²) < 4.78 is 5.56. The molecule has 2 amide bonds. The second kappa shape index (κ2) is 10.6. The number of hydrogen-bond donors (Lipinski definition) is 3. The minimum atomic E-state index is -0.196. The van der Waals surface area contributed by atoms with Crippen molar-refractivity contribution in [2.45, 2.75) is 38.6 Å². The van der Waals surface area contributed by atoms with Crippen molar-refractivity contribution in [3.8, 4) is 5.75 Å². The number of benzene rings is 2. The molecule has 1 fully saturated rings. The van der Waals surface area contributed by atoms with Gasteiger partial charge in [0, 0.05) is 12.2 Å². The molecule has 0 aromatic heterocycles. The lowest BCUT2D eigenvalue weighted by atomic mass is 10.0. The number of carbonyl (C=O) groups is 2. The molecule has 154 valence electrons. The molecule has 1 aliphatic rings. The van der Waals surface area contributed by atoms with Crippen molar-refractivity contribution in [2.24, 2.45) is 0 Å². The molecule has 1 saturated heterocycles. The van der Waals surface area contributed by atoms with Gasteiger partial charge in [0.1, 0.15) is 5.75 Å². The first-order valence-corrected chi connectivity index (χ1v) is 10.2. The molecule has 2 aromatic carbocycles. The van der Waals surface area contributed by atoms with E-state index < -0.39 is 0 Å². The van der Waals surface area contributed by atoms with Crippen molar-refractivity contribution in [3.63, 3.8) is 0 Å². The Labute approximate surface area is 172 Å². The summed E-state index contributed by atoms with van der Waals surface area (Å²) in [5.41, 5.74) is 2.96. The van der Waals surface area contributed by atoms with Gasteiger partial charge in [-0.25, -0.2) is 0 Å². The van der Waals surface area contributed by atoms with Crippen molar-refractivity contribution in [1.29, 1.82) is 0 Å². The topological polar surface area (TPSA) is 79.5 Å². The SMILES string of the molecule is Cc1cccc(NC(=O)COc2ccc(CCNC(=O)C3CCCCN3)cc2)c1. The molecule has 3 rings (SSSR count). The van der Waals surface area contributed by atoms with Gasteiger partial charge in [-0.05, 0) is 68.1 Å². The Morgan fingerprint density at radius 3 is 2.69 bits per heavy atom. The first-order valence-electron chi connectivity index (χ1n) is 10.2. The normalized spacial score (nSPS) is 16.1. The van der Waals surface area contributed by atoms with Crippen LogP contribution in [0.25, 0.3) is 0 Å². The molecule has 0 radical (unpaired) electrons. The molecule has 29 heavy (non-hydrogen) atoms. The second-order valence-electron chi connectivity index (χ2n) is 7.39. The molecule has 1 atom stereocenters. The van der Waals surface area contributed by atoms with E-state index in [0.29, 0.717) is 12.3 Å². The molecule has 0 saturated carbocycles. The van der Waals surface area contributed by atoms with Crippen molar-refractivity contribution >= 4 is 17.5 Å². The Balaban J connectivity index is 1.37. The highest BCUT2D eigenvalue weighted by atomic mass is 16.5. The van der Waals surface area contributed by atoms with Gasteiger partial charge in [0.05, 0.1) is 6.04 Å². The molecule has 1 unspecified atom stereocenters. The molecule has 2 aromatic rings. The van der Waals surface area contributed by atoms with Crippen LogP contribution in [-0.2, 0) is 16.0 Å². The fraction of sp³-hybridized carbons (Fsp3) is 0.391. The molecule has 1 aliphatic heterocycles. The van der Waals surface area contributed by atoms with Gasteiger partial charge in [-0.15, -0.1) is 0 Å². The van der Waals surface area contributed by atoms with Crippen LogP contribution in [0.5, 0.6) is 5.75 Å². The van der Waals surface area contributed by atoms with Crippen molar-refractivity contribution < 1.29 is 14.3 Å². The maximum atomic E-state index is 12.1. The molecule has 6 nitrogen and oxygen atoms in total. The fourth-order valence-corrected chi connectivity index (χ4v) is 3.35. The van der Waals surface area contributed by atoms with E-state index in [4.69, 9.17) is 4.74 Å². The standard InChI is InChI=1S/C23H29N3O3/c1-17-5-4-6-19(15-17)26-22(27)16-29-20-10-8-18(9-11-20)12-14-25-23(28)21-7-2-3-13-24-21/h4-6,8-11,15,21,24H,2-3,7,12-14,16H2,1H3,(H,25,28)(H,26,27). The van der Waals surface area contributed by atoms with Crippen LogP contribution in [0.3, 0.4) is 0 Å². The Bertz CT molecular complexity index is 814. The van der Waals surface area contributed by atoms with E-state index in [0.717, 1.165) is 49.0 Å². The third-order valence-corrected chi connectivity index (χ3v) is 4.93. The number of rotatable bonds is 8. The molecule has 0 aliphatic carbocycles. The maximum Gasteiger partial charge on any atom is 0.262 e. The van der Waals surface area contributed by atoms with E-state index in [1.807, 2.05) is 55.5 Å². The van der Waals surface area contributed by atoms with Gasteiger partial charge in [-0.3, -0.25) is 9.59 Å². The average Bonchev–Trinajstić information content (AvgIpc) is 2.74. The molecular formula is C23H29N3O3. The third-order valence-electron chi connectivity index (χ3n) is 4.93. The van der Waals surface area contributed by atoms with Gasteiger partial charge in [-0.1, -0.05) is 30.7 Å². The van der Waals surface area contributed by atoms with Gasteiger partial charge < -0.3 is 20.7 Å². The summed E-state index contributed by atoms with van der Waals surface area (Å²) in [4.78, 5) is 24.1. The Hall–Kier alpha value is -2.86. The number of amides is 2. The summed E-state index contributed by atoms with van der Waals surface area (Å²) in [6, 6.07) is 15.2.